The van der Waals surface area contributed by atoms with Crippen molar-refractivity contribution in [1.29, 1.82) is 0 Å². The van der Waals surface area contributed by atoms with E-state index in [4.69, 9.17) is 16.3 Å². The summed E-state index contributed by atoms with van der Waals surface area (Å²) in [4.78, 5) is 28.8. The van der Waals surface area contributed by atoms with Gasteiger partial charge in [0.1, 0.15) is 15.8 Å². The summed E-state index contributed by atoms with van der Waals surface area (Å²) in [7, 11) is -2.60. The minimum atomic E-state index is -4.08. The van der Waals surface area contributed by atoms with Gasteiger partial charge in [0.2, 0.25) is 5.88 Å². The first-order valence-electron chi connectivity index (χ1n) is 9.16. The van der Waals surface area contributed by atoms with Crippen molar-refractivity contribution in [3.8, 4) is 17.4 Å². The molecule has 3 N–H and O–H groups in total. The molecule has 0 aliphatic heterocycles. The van der Waals surface area contributed by atoms with Crippen LogP contribution in [0.5, 0.6) is 11.6 Å². The SMILES string of the molecule is COc1ccc2cc(=O)n(-c3ccc(NC(=O)NS(=O)(=O)c4ccc(Cl)s4)cn3)c(O)c2c1. The fourth-order valence-corrected chi connectivity index (χ4v) is 5.38. The topological polar surface area (TPSA) is 140 Å². The van der Waals surface area contributed by atoms with E-state index >= 15 is 0 Å². The van der Waals surface area contributed by atoms with E-state index in [2.05, 4.69) is 10.3 Å². The second-order valence-electron chi connectivity index (χ2n) is 6.62. The lowest BCUT2D eigenvalue weighted by molar-refractivity contribution is 0.256. The first kappa shape index (κ1) is 22.6. The Morgan fingerprint density at radius 2 is 1.97 bits per heavy atom. The van der Waals surface area contributed by atoms with Crippen molar-refractivity contribution in [2.75, 3.05) is 12.4 Å². The molecule has 4 aromatic rings. The van der Waals surface area contributed by atoms with Crippen molar-refractivity contribution in [3.63, 3.8) is 0 Å². The van der Waals surface area contributed by atoms with Crippen molar-refractivity contribution in [3.05, 3.63) is 69.4 Å². The molecule has 0 fully saturated rings. The zero-order valence-electron chi connectivity index (χ0n) is 16.8. The third kappa shape index (κ3) is 4.62. The van der Waals surface area contributed by atoms with Gasteiger partial charge in [-0.25, -0.2) is 27.5 Å². The van der Waals surface area contributed by atoms with Gasteiger partial charge < -0.3 is 15.2 Å². The Kier molecular flexibility index (Phi) is 5.97. The van der Waals surface area contributed by atoms with E-state index < -0.39 is 21.6 Å². The van der Waals surface area contributed by atoms with Crippen molar-refractivity contribution in [2.24, 2.45) is 0 Å². The van der Waals surface area contributed by atoms with Crippen molar-refractivity contribution >= 4 is 55.5 Å². The number of carbonyl (C=O) groups excluding carboxylic acids is 1. The van der Waals surface area contributed by atoms with Crippen LogP contribution in [-0.4, -0.2) is 36.2 Å². The number of ether oxygens (including phenoxy) is 1. The highest BCUT2D eigenvalue weighted by Crippen LogP contribution is 2.28. The summed E-state index contributed by atoms with van der Waals surface area (Å²) in [6.45, 7) is 0. The number of anilines is 1. The molecule has 0 atom stereocenters. The third-order valence-corrected chi connectivity index (χ3v) is 7.54. The number of pyridine rings is 2. The lowest BCUT2D eigenvalue weighted by atomic mass is 10.1. The highest BCUT2D eigenvalue weighted by Gasteiger charge is 2.20. The van der Waals surface area contributed by atoms with Crippen molar-refractivity contribution < 1.29 is 23.1 Å². The molecular weight excluding hydrogens is 492 g/mol. The predicted octanol–water partition coefficient (Wildman–Crippen LogP) is 3.33. The smallest absolute Gasteiger partial charge is 0.333 e. The number of nitrogens with zero attached hydrogens (tertiary/aromatic N) is 2. The molecule has 33 heavy (non-hydrogen) atoms. The summed E-state index contributed by atoms with van der Waals surface area (Å²) >= 11 is 6.54. The molecule has 13 heteroatoms. The van der Waals surface area contributed by atoms with E-state index in [1.54, 1.807) is 18.2 Å². The van der Waals surface area contributed by atoms with E-state index in [0.717, 1.165) is 15.9 Å². The van der Waals surface area contributed by atoms with Crippen LogP contribution in [-0.2, 0) is 10.0 Å². The lowest BCUT2D eigenvalue weighted by Crippen LogP contribution is -2.34. The maximum absolute atomic E-state index is 12.5. The number of benzene rings is 1. The molecule has 10 nitrogen and oxygen atoms in total. The summed E-state index contributed by atoms with van der Waals surface area (Å²) in [5, 5.41) is 13.9. The average molecular weight is 507 g/mol. The number of aromatic hydroxyl groups is 1. The number of sulfonamides is 1. The van der Waals surface area contributed by atoms with Gasteiger partial charge in [0, 0.05) is 11.5 Å². The summed E-state index contributed by atoms with van der Waals surface area (Å²) in [5.41, 5.74) is -0.359. The molecule has 0 aliphatic rings. The molecular formula is C20H15ClN4O6S2. The van der Waals surface area contributed by atoms with Crippen LogP contribution in [0.3, 0.4) is 0 Å². The van der Waals surface area contributed by atoms with Gasteiger partial charge in [0.25, 0.3) is 15.6 Å². The normalized spacial score (nSPS) is 11.3. The highest BCUT2D eigenvalue weighted by atomic mass is 35.5. The van der Waals surface area contributed by atoms with Crippen LogP contribution >= 0.6 is 22.9 Å². The van der Waals surface area contributed by atoms with Crippen molar-refractivity contribution in [1.82, 2.24) is 14.3 Å². The van der Waals surface area contributed by atoms with Crippen molar-refractivity contribution in [2.45, 2.75) is 4.21 Å². The van der Waals surface area contributed by atoms with Crippen LogP contribution in [0, 0.1) is 0 Å². The first-order valence-corrected chi connectivity index (χ1v) is 11.8. The molecule has 0 bridgehead atoms. The number of amides is 2. The number of urea groups is 1. The van der Waals surface area contributed by atoms with Gasteiger partial charge in [0.05, 0.1) is 23.3 Å². The summed E-state index contributed by atoms with van der Waals surface area (Å²) in [6, 6.07) is 10.7. The molecule has 0 spiro atoms. The van der Waals surface area contributed by atoms with Crippen LogP contribution in [0.1, 0.15) is 0 Å². The number of methoxy groups -OCH3 is 1. The lowest BCUT2D eigenvalue weighted by Gasteiger charge is -2.12. The summed E-state index contributed by atoms with van der Waals surface area (Å²) < 4.78 is 32.6. The van der Waals surface area contributed by atoms with Gasteiger partial charge in [-0.05, 0) is 41.8 Å². The van der Waals surface area contributed by atoms with Gasteiger partial charge >= 0.3 is 6.03 Å². The second kappa shape index (κ2) is 8.73. The summed E-state index contributed by atoms with van der Waals surface area (Å²) in [5.74, 6) is 0.262. The van der Waals surface area contributed by atoms with E-state index in [1.807, 2.05) is 4.72 Å². The molecule has 3 heterocycles. The van der Waals surface area contributed by atoms with Gasteiger partial charge in [-0.15, -0.1) is 11.3 Å². The number of aromatic nitrogens is 2. The minimum Gasteiger partial charge on any atom is -0.497 e. The Hall–Kier alpha value is -3.61. The standard InChI is InChI=1S/C20H15ClN4O6S2/c1-31-13-4-2-11-8-17(26)25(19(27)14(11)9-13)16-6-3-12(10-22-16)23-20(28)24-33(29,30)18-7-5-15(21)32-18/h2-10,27H,1H3,(H2,23,24,28). The molecule has 0 saturated carbocycles. The summed E-state index contributed by atoms with van der Waals surface area (Å²) in [6.07, 6.45) is 1.21. The van der Waals surface area contributed by atoms with E-state index in [-0.39, 0.29) is 25.9 Å². The number of halogens is 1. The zero-order valence-corrected chi connectivity index (χ0v) is 19.2. The quantitative estimate of drug-likeness (QED) is 0.377. The van der Waals surface area contributed by atoms with Gasteiger partial charge in [-0.3, -0.25) is 4.79 Å². The highest BCUT2D eigenvalue weighted by molar-refractivity contribution is 7.92. The van der Waals surface area contributed by atoms with E-state index in [1.165, 1.54) is 43.6 Å². The maximum Gasteiger partial charge on any atom is 0.333 e. The number of hydrogen-bond acceptors (Lipinski definition) is 8. The predicted molar refractivity (Wildman–Crippen MR) is 124 cm³/mol. The van der Waals surface area contributed by atoms with Crippen LogP contribution in [0.25, 0.3) is 16.6 Å². The first-order chi connectivity index (χ1) is 15.7. The van der Waals surface area contributed by atoms with Crippen LogP contribution in [0.2, 0.25) is 4.34 Å². The second-order valence-corrected chi connectivity index (χ2v) is 10.2. The number of carbonyl (C=O) groups is 1. The molecule has 0 saturated heterocycles. The Morgan fingerprint density at radius 1 is 1.18 bits per heavy atom. The fourth-order valence-electron chi connectivity index (χ4n) is 2.99. The minimum absolute atomic E-state index is 0.0917. The molecule has 3 aromatic heterocycles. The number of rotatable bonds is 5. The third-order valence-electron chi connectivity index (χ3n) is 4.49. The molecule has 0 aliphatic carbocycles. The van der Waals surface area contributed by atoms with Crippen LogP contribution in [0.4, 0.5) is 10.5 Å². The average Bonchev–Trinajstić information content (AvgIpc) is 3.22. The zero-order chi connectivity index (χ0) is 23.8. The Labute approximate surface area is 196 Å². The largest absolute Gasteiger partial charge is 0.497 e. The maximum atomic E-state index is 12.5. The molecule has 0 unspecified atom stereocenters. The van der Waals surface area contributed by atoms with Gasteiger partial charge in [-0.2, -0.15) is 0 Å². The number of nitrogens with one attached hydrogen (secondary N) is 2. The number of hydrogen-bond donors (Lipinski definition) is 3. The van der Waals surface area contributed by atoms with E-state index in [9.17, 15) is 23.1 Å². The molecule has 1 aromatic carbocycles. The van der Waals surface area contributed by atoms with E-state index in [0.29, 0.717) is 16.5 Å². The molecule has 2 amide bonds. The fraction of sp³-hybridized carbons (Fsp3) is 0.0500. The number of thiophene rings is 1. The number of fused-ring (bicyclic) bond motifs is 1. The molecule has 170 valence electrons. The van der Waals surface area contributed by atoms with Gasteiger partial charge in [-0.1, -0.05) is 17.7 Å². The monoisotopic (exact) mass is 506 g/mol. The molecule has 0 radical (unpaired) electrons. The molecule has 4 rings (SSSR count). The Bertz CT molecular complexity index is 1530. The van der Waals surface area contributed by atoms with Gasteiger partial charge in [0.15, 0.2) is 0 Å². The van der Waals surface area contributed by atoms with Crippen LogP contribution < -0.4 is 20.3 Å². The Morgan fingerprint density at radius 3 is 2.61 bits per heavy atom. The Balaban J connectivity index is 1.57. The van der Waals surface area contributed by atoms with Crippen LogP contribution in [0.15, 0.2) is 63.7 Å².